The number of amides is 1. The van der Waals surface area contributed by atoms with Gasteiger partial charge in [0.2, 0.25) is 0 Å². The SMILES string of the molecule is O=C(NCc1cccc(Cn2ccnc2)c1)c1ccc(Cn2ccnc2)cc1. The van der Waals surface area contributed by atoms with Crippen molar-refractivity contribution < 1.29 is 4.79 Å². The Bertz CT molecular complexity index is 1020. The summed E-state index contributed by atoms with van der Waals surface area (Å²) in [5.41, 5.74) is 4.03. The summed E-state index contributed by atoms with van der Waals surface area (Å²) < 4.78 is 4.01. The summed E-state index contributed by atoms with van der Waals surface area (Å²) in [7, 11) is 0. The van der Waals surface area contributed by atoms with Gasteiger partial charge in [-0.25, -0.2) is 9.97 Å². The van der Waals surface area contributed by atoms with Crippen molar-refractivity contribution in [2.24, 2.45) is 0 Å². The molecule has 0 atom stereocenters. The highest BCUT2D eigenvalue weighted by atomic mass is 16.1. The van der Waals surface area contributed by atoms with Gasteiger partial charge in [-0.3, -0.25) is 4.79 Å². The van der Waals surface area contributed by atoms with E-state index in [1.165, 1.54) is 5.56 Å². The van der Waals surface area contributed by atoms with E-state index >= 15 is 0 Å². The Labute approximate surface area is 163 Å². The highest BCUT2D eigenvalue weighted by Gasteiger charge is 2.06. The summed E-state index contributed by atoms with van der Waals surface area (Å²) in [6, 6.07) is 15.9. The van der Waals surface area contributed by atoms with E-state index in [0.717, 1.165) is 24.2 Å². The van der Waals surface area contributed by atoms with Crippen LogP contribution in [-0.2, 0) is 19.6 Å². The van der Waals surface area contributed by atoms with Crippen LogP contribution in [-0.4, -0.2) is 25.0 Å². The first-order chi connectivity index (χ1) is 13.8. The molecule has 0 fully saturated rings. The molecular formula is C22H21N5O. The number of benzene rings is 2. The number of carbonyl (C=O) groups excluding carboxylic acids is 1. The lowest BCUT2D eigenvalue weighted by Gasteiger charge is -2.09. The minimum atomic E-state index is -0.0748. The summed E-state index contributed by atoms with van der Waals surface area (Å²) in [5, 5.41) is 2.99. The molecule has 0 unspecified atom stereocenters. The quantitative estimate of drug-likeness (QED) is 0.543. The first-order valence-corrected chi connectivity index (χ1v) is 9.13. The van der Waals surface area contributed by atoms with Crippen LogP contribution in [0.25, 0.3) is 0 Å². The van der Waals surface area contributed by atoms with Gasteiger partial charge in [0.15, 0.2) is 0 Å². The van der Waals surface area contributed by atoms with E-state index in [2.05, 4.69) is 27.4 Å². The second-order valence-electron chi connectivity index (χ2n) is 6.67. The van der Waals surface area contributed by atoms with Gasteiger partial charge < -0.3 is 14.5 Å². The number of carbonyl (C=O) groups is 1. The Morgan fingerprint density at radius 2 is 1.46 bits per heavy atom. The number of nitrogens with one attached hydrogen (secondary N) is 1. The predicted molar refractivity (Wildman–Crippen MR) is 107 cm³/mol. The second kappa shape index (κ2) is 8.35. The molecule has 0 saturated carbocycles. The van der Waals surface area contributed by atoms with Gasteiger partial charge in [0, 0.05) is 50.0 Å². The van der Waals surface area contributed by atoms with Crippen molar-refractivity contribution in [2.45, 2.75) is 19.6 Å². The van der Waals surface area contributed by atoms with Gasteiger partial charge in [0.1, 0.15) is 0 Å². The molecule has 4 aromatic rings. The number of hydrogen-bond donors (Lipinski definition) is 1. The van der Waals surface area contributed by atoms with Crippen LogP contribution in [0.2, 0.25) is 0 Å². The van der Waals surface area contributed by atoms with Gasteiger partial charge in [-0.15, -0.1) is 0 Å². The van der Waals surface area contributed by atoms with Crippen molar-refractivity contribution in [1.29, 1.82) is 0 Å². The molecule has 0 aliphatic rings. The molecule has 1 N–H and O–H groups in total. The zero-order valence-electron chi connectivity index (χ0n) is 15.4. The standard InChI is InChI=1S/C22H21N5O/c28-22(21-6-4-18(5-7-21)14-26-10-8-23-16-26)25-13-19-2-1-3-20(12-19)15-27-11-9-24-17-27/h1-12,16-17H,13-15H2,(H,25,28). The number of aromatic nitrogens is 4. The first-order valence-electron chi connectivity index (χ1n) is 9.13. The molecule has 0 bridgehead atoms. The van der Waals surface area contributed by atoms with Crippen LogP contribution >= 0.6 is 0 Å². The Kier molecular flexibility index (Phi) is 5.29. The lowest BCUT2D eigenvalue weighted by Crippen LogP contribution is -2.22. The van der Waals surface area contributed by atoms with Gasteiger partial charge in [-0.1, -0.05) is 36.4 Å². The van der Waals surface area contributed by atoms with E-state index < -0.39 is 0 Å². The molecule has 0 aliphatic heterocycles. The van der Waals surface area contributed by atoms with E-state index in [0.29, 0.717) is 12.1 Å². The summed E-state index contributed by atoms with van der Waals surface area (Å²) in [6.07, 6.45) is 11.0. The minimum Gasteiger partial charge on any atom is -0.348 e. The molecule has 0 saturated heterocycles. The molecule has 4 rings (SSSR count). The summed E-state index contributed by atoms with van der Waals surface area (Å²) >= 11 is 0. The van der Waals surface area contributed by atoms with Gasteiger partial charge >= 0.3 is 0 Å². The average molecular weight is 371 g/mol. The van der Waals surface area contributed by atoms with Gasteiger partial charge in [-0.05, 0) is 28.8 Å². The van der Waals surface area contributed by atoms with E-state index in [9.17, 15) is 4.79 Å². The summed E-state index contributed by atoms with van der Waals surface area (Å²) in [5.74, 6) is -0.0748. The van der Waals surface area contributed by atoms with E-state index in [4.69, 9.17) is 0 Å². The monoisotopic (exact) mass is 371 g/mol. The molecule has 0 spiro atoms. The van der Waals surface area contributed by atoms with Crippen LogP contribution in [0.1, 0.15) is 27.0 Å². The first kappa shape index (κ1) is 17.7. The van der Waals surface area contributed by atoms with Gasteiger partial charge in [0.05, 0.1) is 12.7 Å². The van der Waals surface area contributed by atoms with Crippen molar-refractivity contribution in [3.05, 3.63) is 108 Å². The molecular weight excluding hydrogens is 350 g/mol. The van der Waals surface area contributed by atoms with Crippen molar-refractivity contribution in [2.75, 3.05) is 0 Å². The average Bonchev–Trinajstić information content (AvgIpc) is 3.41. The van der Waals surface area contributed by atoms with Crippen LogP contribution < -0.4 is 5.32 Å². The van der Waals surface area contributed by atoms with Crippen LogP contribution in [0.3, 0.4) is 0 Å². The fourth-order valence-corrected chi connectivity index (χ4v) is 3.07. The number of hydrogen-bond acceptors (Lipinski definition) is 3. The molecule has 6 nitrogen and oxygen atoms in total. The van der Waals surface area contributed by atoms with Crippen LogP contribution in [0.5, 0.6) is 0 Å². The smallest absolute Gasteiger partial charge is 0.251 e. The fraction of sp³-hybridized carbons (Fsp3) is 0.136. The predicted octanol–water partition coefficient (Wildman–Crippen LogP) is 3.11. The zero-order chi connectivity index (χ0) is 19.2. The van der Waals surface area contributed by atoms with Crippen molar-refractivity contribution in [1.82, 2.24) is 24.4 Å². The Morgan fingerprint density at radius 3 is 2.11 bits per heavy atom. The molecule has 28 heavy (non-hydrogen) atoms. The van der Waals surface area contributed by atoms with Crippen molar-refractivity contribution in [3.8, 4) is 0 Å². The molecule has 2 aromatic heterocycles. The molecule has 1 amide bonds. The lowest BCUT2D eigenvalue weighted by molar-refractivity contribution is 0.0951. The van der Waals surface area contributed by atoms with Crippen molar-refractivity contribution >= 4 is 5.91 Å². The molecule has 140 valence electrons. The molecule has 2 heterocycles. The van der Waals surface area contributed by atoms with Crippen molar-refractivity contribution in [3.63, 3.8) is 0 Å². The molecule has 6 heteroatoms. The summed E-state index contributed by atoms with van der Waals surface area (Å²) in [4.78, 5) is 20.5. The molecule has 0 aliphatic carbocycles. The van der Waals surface area contributed by atoms with Gasteiger partial charge in [-0.2, -0.15) is 0 Å². The maximum Gasteiger partial charge on any atom is 0.251 e. The normalized spacial score (nSPS) is 10.7. The number of nitrogens with zero attached hydrogens (tertiary/aromatic N) is 4. The highest BCUT2D eigenvalue weighted by molar-refractivity contribution is 5.94. The fourth-order valence-electron chi connectivity index (χ4n) is 3.07. The highest BCUT2D eigenvalue weighted by Crippen LogP contribution is 2.09. The second-order valence-corrected chi connectivity index (χ2v) is 6.67. The minimum absolute atomic E-state index is 0.0748. The van der Waals surface area contributed by atoms with Crippen LogP contribution in [0.4, 0.5) is 0 Å². The summed E-state index contributed by atoms with van der Waals surface area (Å²) in [6.45, 7) is 2.00. The van der Waals surface area contributed by atoms with E-state index in [1.54, 1.807) is 25.0 Å². The van der Waals surface area contributed by atoms with E-state index in [-0.39, 0.29) is 5.91 Å². The molecule has 2 aromatic carbocycles. The number of rotatable bonds is 7. The molecule has 0 radical (unpaired) electrons. The van der Waals surface area contributed by atoms with Gasteiger partial charge in [0.25, 0.3) is 5.91 Å². The third-order valence-electron chi connectivity index (χ3n) is 4.51. The third-order valence-corrected chi connectivity index (χ3v) is 4.51. The largest absolute Gasteiger partial charge is 0.348 e. The third kappa shape index (κ3) is 4.54. The van der Waals surface area contributed by atoms with Crippen LogP contribution in [0, 0.1) is 0 Å². The zero-order valence-corrected chi connectivity index (χ0v) is 15.4. The Balaban J connectivity index is 1.34. The maximum atomic E-state index is 12.4. The maximum absolute atomic E-state index is 12.4. The number of imidazole rings is 2. The topological polar surface area (TPSA) is 64.7 Å². The Hall–Kier alpha value is -3.67. The Morgan fingerprint density at radius 1 is 0.821 bits per heavy atom. The van der Waals surface area contributed by atoms with Crippen LogP contribution in [0.15, 0.2) is 86.0 Å². The van der Waals surface area contributed by atoms with E-state index in [1.807, 2.05) is 57.9 Å². The lowest BCUT2D eigenvalue weighted by atomic mass is 10.1.